The molecule has 0 saturated carbocycles. The van der Waals surface area contributed by atoms with Crippen LogP contribution in [-0.2, 0) is 6.42 Å². The molecule has 0 heterocycles. The molecule has 1 N–H and O–H groups in total. The van der Waals surface area contributed by atoms with E-state index in [0.717, 1.165) is 19.3 Å². The highest BCUT2D eigenvalue weighted by Crippen LogP contribution is 2.07. The van der Waals surface area contributed by atoms with Crippen LogP contribution in [0.5, 0.6) is 0 Å². The molecule has 1 atom stereocenters. The van der Waals surface area contributed by atoms with Gasteiger partial charge in [0, 0.05) is 0 Å². The van der Waals surface area contributed by atoms with E-state index in [-0.39, 0.29) is 6.10 Å². The van der Waals surface area contributed by atoms with Crippen LogP contribution in [0.15, 0.2) is 54.6 Å². The van der Waals surface area contributed by atoms with E-state index < -0.39 is 0 Å². The number of benzene rings is 1. The SMILES string of the molecule is C/C=C/C=C/[C@@H](O)CCCc1ccccc1. The van der Waals surface area contributed by atoms with Gasteiger partial charge in [-0.1, -0.05) is 54.6 Å². The van der Waals surface area contributed by atoms with Gasteiger partial charge in [0.25, 0.3) is 0 Å². The van der Waals surface area contributed by atoms with Crippen molar-refractivity contribution in [2.45, 2.75) is 32.3 Å². The molecule has 0 aliphatic rings. The third-order valence-corrected chi connectivity index (χ3v) is 2.44. The topological polar surface area (TPSA) is 20.2 Å². The molecule has 1 aromatic rings. The Hall–Kier alpha value is -1.34. The first-order valence-electron chi connectivity index (χ1n) is 5.84. The van der Waals surface area contributed by atoms with Gasteiger partial charge in [-0.2, -0.15) is 0 Å². The number of allylic oxidation sites excluding steroid dienone is 3. The second-order valence-electron chi connectivity index (χ2n) is 3.86. The summed E-state index contributed by atoms with van der Waals surface area (Å²) in [6.45, 7) is 1.96. The largest absolute Gasteiger partial charge is 0.389 e. The molecular formula is C15H20O. The maximum atomic E-state index is 9.63. The number of aryl methyl sites for hydroxylation is 1. The van der Waals surface area contributed by atoms with Crippen LogP contribution >= 0.6 is 0 Å². The fraction of sp³-hybridized carbons (Fsp3) is 0.333. The van der Waals surface area contributed by atoms with Gasteiger partial charge in [0.1, 0.15) is 0 Å². The minimum atomic E-state index is -0.320. The molecule has 0 fully saturated rings. The maximum Gasteiger partial charge on any atom is 0.0724 e. The van der Waals surface area contributed by atoms with Crippen molar-refractivity contribution < 1.29 is 5.11 Å². The van der Waals surface area contributed by atoms with E-state index >= 15 is 0 Å². The summed E-state index contributed by atoms with van der Waals surface area (Å²) in [6.07, 6.45) is 10.2. The predicted octanol–water partition coefficient (Wildman–Crippen LogP) is 3.50. The first-order chi connectivity index (χ1) is 7.83. The quantitative estimate of drug-likeness (QED) is 0.721. The minimum Gasteiger partial charge on any atom is -0.389 e. The number of hydrogen-bond donors (Lipinski definition) is 1. The summed E-state index contributed by atoms with van der Waals surface area (Å²) in [5.41, 5.74) is 1.34. The molecule has 16 heavy (non-hydrogen) atoms. The van der Waals surface area contributed by atoms with Gasteiger partial charge in [0.15, 0.2) is 0 Å². The molecule has 0 unspecified atom stereocenters. The highest BCUT2D eigenvalue weighted by Gasteiger charge is 1.98. The lowest BCUT2D eigenvalue weighted by Crippen LogP contribution is -2.02. The molecule has 0 aromatic heterocycles. The fourth-order valence-electron chi connectivity index (χ4n) is 1.56. The molecule has 0 bridgehead atoms. The third kappa shape index (κ3) is 5.52. The van der Waals surface area contributed by atoms with Crippen molar-refractivity contribution in [2.24, 2.45) is 0 Å². The molecule has 86 valence electrons. The smallest absolute Gasteiger partial charge is 0.0724 e. The zero-order valence-electron chi connectivity index (χ0n) is 9.84. The predicted molar refractivity (Wildman–Crippen MR) is 69.3 cm³/mol. The summed E-state index contributed by atoms with van der Waals surface area (Å²) in [4.78, 5) is 0. The zero-order valence-corrected chi connectivity index (χ0v) is 9.84. The molecule has 1 heteroatoms. The highest BCUT2D eigenvalue weighted by molar-refractivity contribution is 5.14. The van der Waals surface area contributed by atoms with Crippen molar-refractivity contribution in [1.82, 2.24) is 0 Å². The molecule has 0 spiro atoms. The maximum absolute atomic E-state index is 9.63. The number of aliphatic hydroxyl groups excluding tert-OH is 1. The van der Waals surface area contributed by atoms with E-state index in [9.17, 15) is 5.11 Å². The van der Waals surface area contributed by atoms with Crippen LogP contribution in [0.2, 0.25) is 0 Å². The van der Waals surface area contributed by atoms with Gasteiger partial charge in [0.05, 0.1) is 6.10 Å². The van der Waals surface area contributed by atoms with Gasteiger partial charge in [-0.15, -0.1) is 0 Å². The third-order valence-electron chi connectivity index (χ3n) is 2.44. The van der Waals surface area contributed by atoms with Crippen LogP contribution in [0.1, 0.15) is 25.3 Å². The molecule has 0 radical (unpaired) electrons. The van der Waals surface area contributed by atoms with Crippen LogP contribution in [0.25, 0.3) is 0 Å². The van der Waals surface area contributed by atoms with Crippen molar-refractivity contribution in [3.05, 3.63) is 60.2 Å². The molecule has 1 nitrogen and oxygen atoms in total. The Kier molecular flexibility index (Phi) is 6.28. The van der Waals surface area contributed by atoms with Crippen LogP contribution < -0.4 is 0 Å². The zero-order chi connectivity index (χ0) is 11.6. The Labute approximate surface area is 98.1 Å². The van der Waals surface area contributed by atoms with Crippen molar-refractivity contribution in [1.29, 1.82) is 0 Å². The van der Waals surface area contributed by atoms with Crippen LogP contribution in [0.3, 0.4) is 0 Å². The summed E-state index contributed by atoms with van der Waals surface area (Å²) in [5, 5.41) is 9.63. The number of hydrogen-bond acceptors (Lipinski definition) is 1. The summed E-state index contributed by atoms with van der Waals surface area (Å²) >= 11 is 0. The van der Waals surface area contributed by atoms with Gasteiger partial charge < -0.3 is 5.11 Å². The van der Waals surface area contributed by atoms with E-state index in [1.54, 1.807) is 0 Å². The molecule has 0 aliphatic carbocycles. The second kappa shape index (κ2) is 7.89. The Bertz CT molecular complexity index is 325. The number of aliphatic hydroxyl groups is 1. The second-order valence-corrected chi connectivity index (χ2v) is 3.86. The minimum absolute atomic E-state index is 0.320. The molecule has 0 saturated heterocycles. The molecule has 0 amide bonds. The normalized spacial score (nSPS) is 13.6. The average Bonchev–Trinajstić information content (AvgIpc) is 2.31. The highest BCUT2D eigenvalue weighted by atomic mass is 16.3. The lowest BCUT2D eigenvalue weighted by molar-refractivity contribution is 0.209. The lowest BCUT2D eigenvalue weighted by Gasteiger charge is -2.05. The van der Waals surface area contributed by atoms with Crippen LogP contribution in [0, 0.1) is 0 Å². The van der Waals surface area contributed by atoms with Gasteiger partial charge in [-0.05, 0) is 31.7 Å². The van der Waals surface area contributed by atoms with Gasteiger partial charge in [-0.3, -0.25) is 0 Å². The summed E-state index contributed by atoms with van der Waals surface area (Å²) in [6, 6.07) is 10.4. The standard InChI is InChI=1S/C15H20O/c1-2-3-5-12-15(16)13-8-11-14-9-6-4-7-10-14/h2-7,9-10,12,15-16H,8,11,13H2,1H3/b3-2+,12-5+/t15-/m1/s1. The number of rotatable bonds is 6. The Balaban J connectivity index is 2.20. The molecule has 1 rings (SSSR count). The van der Waals surface area contributed by atoms with E-state index in [0.29, 0.717) is 0 Å². The monoisotopic (exact) mass is 216 g/mol. The van der Waals surface area contributed by atoms with Gasteiger partial charge in [0.2, 0.25) is 0 Å². The van der Waals surface area contributed by atoms with Gasteiger partial charge >= 0.3 is 0 Å². The fourth-order valence-corrected chi connectivity index (χ4v) is 1.56. The molecule has 0 aliphatic heterocycles. The van der Waals surface area contributed by atoms with Crippen LogP contribution in [0.4, 0.5) is 0 Å². The van der Waals surface area contributed by atoms with E-state index in [4.69, 9.17) is 0 Å². The van der Waals surface area contributed by atoms with Gasteiger partial charge in [-0.25, -0.2) is 0 Å². The molecule has 1 aromatic carbocycles. The van der Waals surface area contributed by atoms with Crippen molar-refractivity contribution in [3.8, 4) is 0 Å². The van der Waals surface area contributed by atoms with E-state index in [1.165, 1.54) is 5.56 Å². The van der Waals surface area contributed by atoms with E-state index in [1.807, 2.05) is 37.3 Å². The average molecular weight is 216 g/mol. The summed E-state index contributed by atoms with van der Waals surface area (Å²) in [7, 11) is 0. The lowest BCUT2D eigenvalue weighted by atomic mass is 10.1. The molecular weight excluding hydrogens is 196 g/mol. The Morgan fingerprint density at radius 2 is 1.94 bits per heavy atom. The first-order valence-corrected chi connectivity index (χ1v) is 5.84. The van der Waals surface area contributed by atoms with Crippen molar-refractivity contribution in [2.75, 3.05) is 0 Å². The van der Waals surface area contributed by atoms with Crippen molar-refractivity contribution >= 4 is 0 Å². The summed E-state index contributed by atoms with van der Waals surface area (Å²) < 4.78 is 0. The first kappa shape index (κ1) is 12.7. The van der Waals surface area contributed by atoms with E-state index in [2.05, 4.69) is 24.3 Å². The summed E-state index contributed by atoms with van der Waals surface area (Å²) in [5.74, 6) is 0. The Morgan fingerprint density at radius 1 is 1.19 bits per heavy atom. The van der Waals surface area contributed by atoms with Crippen LogP contribution in [-0.4, -0.2) is 11.2 Å². The van der Waals surface area contributed by atoms with Crippen molar-refractivity contribution in [3.63, 3.8) is 0 Å². The Morgan fingerprint density at radius 3 is 2.62 bits per heavy atom.